The van der Waals surface area contributed by atoms with E-state index in [0.717, 1.165) is 21.8 Å². The first-order valence-corrected chi connectivity index (χ1v) is 13.8. The topological polar surface area (TPSA) is 102 Å². The highest BCUT2D eigenvalue weighted by Gasteiger charge is 2.49. The van der Waals surface area contributed by atoms with Crippen molar-refractivity contribution in [3.8, 4) is 11.5 Å². The lowest BCUT2D eigenvalue weighted by Gasteiger charge is -2.23. The number of hydrogen-bond acceptors (Lipinski definition) is 9. The van der Waals surface area contributed by atoms with Gasteiger partial charge in [-0.2, -0.15) is 0 Å². The first-order valence-electron chi connectivity index (χ1n) is 12.0. The Morgan fingerprint density at radius 2 is 1.74 bits per heavy atom. The van der Waals surface area contributed by atoms with Crippen molar-refractivity contribution in [2.45, 2.75) is 16.1 Å². The molecule has 2 aliphatic rings. The van der Waals surface area contributed by atoms with Gasteiger partial charge in [0, 0.05) is 16.9 Å². The molecule has 3 aromatic carbocycles. The van der Waals surface area contributed by atoms with Gasteiger partial charge in [0.2, 0.25) is 5.13 Å². The molecule has 11 heteroatoms. The normalized spacial score (nSPS) is 18.0. The Balaban J connectivity index is 1.41. The molecule has 0 bridgehead atoms. The molecular formula is C28H20FN3O5S2. The van der Waals surface area contributed by atoms with Crippen LogP contribution in [-0.2, 0) is 15.3 Å². The second-order valence-electron chi connectivity index (χ2n) is 8.67. The highest BCUT2D eigenvalue weighted by molar-refractivity contribution is 8.00. The number of aromatic nitrogens is 2. The molecule has 4 aromatic rings. The molecule has 1 N–H and O–H groups in total. The monoisotopic (exact) mass is 561 g/mol. The van der Waals surface area contributed by atoms with Gasteiger partial charge in [0.1, 0.15) is 30.8 Å². The minimum Gasteiger partial charge on any atom is -0.507 e. The minimum absolute atomic E-state index is 0.0458. The van der Waals surface area contributed by atoms with Crippen molar-refractivity contribution in [2.75, 3.05) is 18.1 Å². The Morgan fingerprint density at radius 3 is 2.54 bits per heavy atom. The maximum atomic E-state index is 15.1. The van der Waals surface area contributed by atoms with E-state index in [1.165, 1.54) is 36.0 Å². The molecule has 8 nitrogen and oxygen atoms in total. The van der Waals surface area contributed by atoms with E-state index in [1.807, 2.05) is 30.3 Å². The summed E-state index contributed by atoms with van der Waals surface area (Å²) in [5, 5.41) is 19.8. The molecule has 0 spiro atoms. The second-order valence-corrected chi connectivity index (χ2v) is 10.9. The molecule has 6 rings (SSSR count). The van der Waals surface area contributed by atoms with E-state index in [4.69, 9.17) is 9.47 Å². The summed E-state index contributed by atoms with van der Waals surface area (Å²) in [5.74, 6) is -1.45. The van der Waals surface area contributed by atoms with Gasteiger partial charge in [-0.15, -0.1) is 10.2 Å². The van der Waals surface area contributed by atoms with Gasteiger partial charge in [-0.05, 0) is 29.8 Å². The third kappa shape index (κ3) is 4.75. The molecule has 3 heterocycles. The number of amides is 1. The van der Waals surface area contributed by atoms with Crippen LogP contribution in [0.4, 0.5) is 9.52 Å². The molecular weight excluding hydrogens is 541 g/mol. The van der Waals surface area contributed by atoms with Gasteiger partial charge in [0.15, 0.2) is 15.8 Å². The fraction of sp³-hybridized carbons (Fsp3) is 0.143. The summed E-state index contributed by atoms with van der Waals surface area (Å²) >= 11 is 2.55. The second kappa shape index (κ2) is 10.5. The van der Waals surface area contributed by atoms with Gasteiger partial charge in [0.05, 0.1) is 5.57 Å². The van der Waals surface area contributed by atoms with Crippen LogP contribution in [0.25, 0.3) is 5.76 Å². The predicted octanol–water partition coefficient (Wildman–Crippen LogP) is 5.37. The average Bonchev–Trinajstić information content (AvgIpc) is 3.54. The van der Waals surface area contributed by atoms with Crippen molar-refractivity contribution < 1.29 is 28.6 Å². The Hall–Kier alpha value is -4.22. The Kier molecular flexibility index (Phi) is 6.76. The van der Waals surface area contributed by atoms with Crippen LogP contribution in [0, 0.1) is 5.82 Å². The van der Waals surface area contributed by atoms with E-state index >= 15 is 4.39 Å². The summed E-state index contributed by atoms with van der Waals surface area (Å²) in [5.41, 5.74) is 1.11. The van der Waals surface area contributed by atoms with Crippen LogP contribution >= 0.6 is 23.1 Å². The molecule has 0 radical (unpaired) electrons. The number of anilines is 1. The molecule has 1 amide bonds. The van der Waals surface area contributed by atoms with E-state index in [9.17, 15) is 14.7 Å². The molecule has 39 heavy (non-hydrogen) atoms. The van der Waals surface area contributed by atoms with Crippen molar-refractivity contribution in [3.63, 3.8) is 0 Å². The number of benzene rings is 3. The Labute approximate surface area is 230 Å². The van der Waals surface area contributed by atoms with Crippen LogP contribution in [0.2, 0.25) is 0 Å². The van der Waals surface area contributed by atoms with Gasteiger partial charge in [-0.1, -0.05) is 71.6 Å². The third-order valence-electron chi connectivity index (χ3n) is 6.27. The van der Waals surface area contributed by atoms with Crippen molar-refractivity contribution in [2.24, 2.45) is 0 Å². The summed E-state index contributed by atoms with van der Waals surface area (Å²) in [6, 6.07) is 19.1. The number of carbonyl (C=O) groups excluding carboxylic acids is 2. The lowest BCUT2D eigenvalue weighted by atomic mass is 9.95. The molecule has 1 atom stereocenters. The lowest BCUT2D eigenvalue weighted by molar-refractivity contribution is -0.132. The molecule has 196 valence electrons. The number of hydrogen-bond donors (Lipinski definition) is 1. The van der Waals surface area contributed by atoms with Gasteiger partial charge < -0.3 is 14.6 Å². The summed E-state index contributed by atoms with van der Waals surface area (Å²) in [7, 11) is 0. The first kappa shape index (κ1) is 25.1. The number of ether oxygens (including phenoxy) is 2. The van der Waals surface area contributed by atoms with Crippen molar-refractivity contribution >= 4 is 45.7 Å². The van der Waals surface area contributed by atoms with E-state index < -0.39 is 29.3 Å². The molecule has 1 unspecified atom stereocenters. The van der Waals surface area contributed by atoms with Crippen LogP contribution < -0.4 is 14.4 Å². The number of aliphatic hydroxyl groups excluding tert-OH is 1. The quantitative estimate of drug-likeness (QED) is 0.110. The van der Waals surface area contributed by atoms with Crippen molar-refractivity contribution in [1.82, 2.24) is 10.2 Å². The lowest BCUT2D eigenvalue weighted by Crippen LogP contribution is -2.29. The van der Waals surface area contributed by atoms with Crippen LogP contribution in [-0.4, -0.2) is 40.2 Å². The smallest absolute Gasteiger partial charge is 0.301 e. The van der Waals surface area contributed by atoms with Crippen LogP contribution in [0.1, 0.15) is 22.7 Å². The van der Waals surface area contributed by atoms with Gasteiger partial charge >= 0.3 is 5.91 Å². The van der Waals surface area contributed by atoms with Crippen LogP contribution in [0.15, 0.2) is 82.7 Å². The number of thioether (sulfide) groups is 1. The molecule has 1 aromatic heterocycles. The van der Waals surface area contributed by atoms with Crippen molar-refractivity contribution in [1.29, 1.82) is 0 Å². The highest BCUT2D eigenvalue weighted by Crippen LogP contribution is 2.45. The fourth-order valence-electron chi connectivity index (χ4n) is 4.44. The summed E-state index contributed by atoms with van der Waals surface area (Å²) in [6.45, 7) is 0.725. The summed E-state index contributed by atoms with van der Waals surface area (Å²) < 4.78 is 26.9. The Morgan fingerprint density at radius 1 is 1.00 bits per heavy atom. The number of fused-ring (bicyclic) bond motifs is 1. The van der Waals surface area contributed by atoms with Gasteiger partial charge in [-0.25, -0.2) is 4.39 Å². The van der Waals surface area contributed by atoms with E-state index in [1.54, 1.807) is 18.2 Å². The molecule has 1 fully saturated rings. The molecule has 2 aliphatic heterocycles. The summed E-state index contributed by atoms with van der Waals surface area (Å²) in [4.78, 5) is 27.8. The van der Waals surface area contributed by atoms with Crippen molar-refractivity contribution in [3.05, 3.63) is 101 Å². The Bertz CT molecular complexity index is 1610. The standard InChI is InChI=1S/C28H20FN3O5S2/c29-19-9-5-4-8-18(19)23-22(24(33)17-10-11-20-21(14-17)37-13-12-36-20)25(34)26(35)32(23)27-30-31-28(39-27)38-15-16-6-2-1-3-7-16/h1-11,14,23,33H,12-13,15H2/b24-22+. The number of ketones is 1. The number of nitrogens with zero attached hydrogens (tertiary/aromatic N) is 3. The van der Waals surface area contributed by atoms with E-state index in [2.05, 4.69) is 10.2 Å². The maximum absolute atomic E-state index is 15.1. The van der Waals surface area contributed by atoms with Crippen LogP contribution in [0.3, 0.4) is 0 Å². The van der Waals surface area contributed by atoms with Gasteiger partial charge in [0.25, 0.3) is 5.78 Å². The molecule has 0 saturated carbocycles. The molecule has 0 aliphatic carbocycles. The highest BCUT2D eigenvalue weighted by atomic mass is 32.2. The number of aliphatic hydroxyl groups is 1. The number of rotatable bonds is 6. The van der Waals surface area contributed by atoms with E-state index in [0.29, 0.717) is 34.8 Å². The third-order valence-corrected chi connectivity index (χ3v) is 8.39. The molecule has 1 saturated heterocycles. The zero-order valence-corrected chi connectivity index (χ0v) is 21.9. The number of carbonyl (C=O) groups is 2. The first-order chi connectivity index (χ1) is 19.0. The number of halogens is 1. The minimum atomic E-state index is -1.25. The van der Waals surface area contributed by atoms with Crippen LogP contribution in [0.5, 0.6) is 11.5 Å². The largest absolute Gasteiger partial charge is 0.507 e. The van der Waals surface area contributed by atoms with E-state index in [-0.39, 0.29) is 21.8 Å². The predicted molar refractivity (Wildman–Crippen MR) is 145 cm³/mol. The fourth-order valence-corrected chi connectivity index (χ4v) is 6.27. The SMILES string of the molecule is O=C1C(=O)N(c2nnc(SCc3ccccc3)s2)C(c2ccccc2F)/C1=C(\O)c1ccc2c(c1)OCCO2. The van der Waals surface area contributed by atoms with Gasteiger partial charge in [-0.3, -0.25) is 14.5 Å². The zero-order chi connectivity index (χ0) is 26.9. The summed E-state index contributed by atoms with van der Waals surface area (Å²) in [6.07, 6.45) is 0. The average molecular weight is 562 g/mol. The maximum Gasteiger partial charge on any atom is 0.301 e. The zero-order valence-electron chi connectivity index (χ0n) is 20.2. The number of Topliss-reactive ketones (excluding diaryl/α,β-unsaturated/α-hetero) is 1.